The summed E-state index contributed by atoms with van der Waals surface area (Å²) in [7, 11) is 1.70. The summed E-state index contributed by atoms with van der Waals surface area (Å²) in [6.07, 6.45) is 5.05. The lowest BCUT2D eigenvalue weighted by Crippen LogP contribution is -2.32. The molecule has 102 valence electrons. The van der Waals surface area contributed by atoms with E-state index in [1.54, 1.807) is 7.11 Å². The molecule has 2 heteroatoms. The van der Waals surface area contributed by atoms with E-state index in [9.17, 15) is 4.79 Å². The number of Topliss-reactive ketones (excluding diaryl/α,β-unsaturated/α-hetero) is 1. The predicted molar refractivity (Wildman–Crippen MR) is 79.6 cm³/mol. The molecule has 3 aliphatic rings. The van der Waals surface area contributed by atoms with Crippen LogP contribution in [0.2, 0.25) is 0 Å². The van der Waals surface area contributed by atoms with Gasteiger partial charge in [0.05, 0.1) is 12.5 Å². The average molecular weight is 266 g/mol. The Kier molecular flexibility index (Phi) is 2.17. The van der Waals surface area contributed by atoms with Gasteiger partial charge in [-0.05, 0) is 55.9 Å². The molecule has 1 aromatic carbocycles. The van der Waals surface area contributed by atoms with Crippen molar-refractivity contribution in [1.82, 2.24) is 0 Å². The van der Waals surface area contributed by atoms with Crippen molar-refractivity contribution in [1.29, 1.82) is 0 Å². The quantitative estimate of drug-likeness (QED) is 0.773. The number of ketones is 1. The summed E-state index contributed by atoms with van der Waals surface area (Å²) >= 11 is 0. The van der Waals surface area contributed by atoms with Gasteiger partial charge in [0, 0.05) is 11.1 Å². The zero-order chi connectivity index (χ0) is 14.1. The van der Waals surface area contributed by atoms with Crippen molar-refractivity contribution in [3.8, 4) is 5.75 Å². The van der Waals surface area contributed by atoms with Gasteiger partial charge in [-0.2, -0.15) is 0 Å². The minimum atomic E-state index is -0.306. The summed E-state index contributed by atoms with van der Waals surface area (Å²) in [6.45, 7) is 4.20. The highest BCUT2D eigenvalue weighted by molar-refractivity contribution is 6.32. The van der Waals surface area contributed by atoms with Crippen LogP contribution in [0.3, 0.4) is 0 Å². The van der Waals surface area contributed by atoms with Gasteiger partial charge in [-0.3, -0.25) is 4.79 Å². The number of fused-ring (bicyclic) bond motifs is 2. The smallest absolute Gasteiger partial charge is 0.173 e. The third kappa shape index (κ3) is 1.18. The summed E-state index contributed by atoms with van der Waals surface area (Å²) in [5, 5.41) is 0. The fraction of sp³-hybridized carbons (Fsp3) is 0.389. The maximum Gasteiger partial charge on any atom is 0.173 e. The van der Waals surface area contributed by atoms with Gasteiger partial charge >= 0.3 is 0 Å². The topological polar surface area (TPSA) is 26.3 Å². The van der Waals surface area contributed by atoms with Crippen LogP contribution < -0.4 is 4.74 Å². The largest absolute Gasteiger partial charge is 0.496 e. The molecule has 0 saturated carbocycles. The van der Waals surface area contributed by atoms with Crippen molar-refractivity contribution in [3.05, 3.63) is 40.5 Å². The first-order valence-corrected chi connectivity index (χ1v) is 7.23. The Morgan fingerprint density at radius 2 is 2.10 bits per heavy atom. The maximum absolute atomic E-state index is 13.0. The molecule has 3 aliphatic carbocycles. The van der Waals surface area contributed by atoms with Crippen LogP contribution in [0.1, 0.15) is 43.4 Å². The standard InChI is InChI=1S/C18H18O2/c1-10-9-12-14(20-3)7-6-11-13-5-4-8-18(13,2)17(19)15(10)16(11)12/h5-7H,4,8-9H2,1-3H3. The molecule has 4 rings (SSSR count). The second-order valence-electron chi connectivity index (χ2n) is 6.32. The lowest BCUT2D eigenvalue weighted by Gasteiger charge is -2.34. The Bertz CT molecular complexity index is 721. The SMILES string of the molecule is COc1ccc2c3c1CC(C)=C3C(=O)C1(C)CCC=C21. The van der Waals surface area contributed by atoms with E-state index in [2.05, 4.69) is 32.1 Å². The third-order valence-electron chi connectivity index (χ3n) is 5.21. The van der Waals surface area contributed by atoms with Crippen LogP contribution in [0, 0.1) is 5.41 Å². The molecule has 1 atom stereocenters. The Morgan fingerprint density at radius 1 is 1.30 bits per heavy atom. The van der Waals surface area contributed by atoms with E-state index >= 15 is 0 Å². The van der Waals surface area contributed by atoms with Crippen molar-refractivity contribution in [2.75, 3.05) is 7.11 Å². The Labute approximate surface area is 119 Å². The zero-order valence-electron chi connectivity index (χ0n) is 12.2. The summed E-state index contributed by atoms with van der Waals surface area (Å²) < 4.78 is 5.49. The van der Waals surface area contributed by atoms with Crippen molar-refractivity contribution >= 4 is 16.9 Å². The van der Waals surface area contributed by atoms with E-state index in [1.807, 2.05) is 0 Å². The number of hydrogen-bond acceptors (Lipinski definition) is 2. The van der Waals surface area contributed by atoms with Crippen LogP contribution in [0.25, 0.3) is 11.1 Å². The zero-order valence-corrected chi connectivity index (χ0v) is 12.2. The first-order chi connectivity index (χ1) is 9.58. The van der Waals surface area contributed by atoms with Gasteiger partial charge in [-0.1, -0.05) is 17.7 Å². The molecule has 0 radical (unpaired) electrons. The number of carbonyl (C=O) groups excluding carboxylic acids is 1. The third-order valence-corrected chi connectivity index (χ3v) is 5.21. The van der Waals surface area contributed by atoms with E-state index in [1.165, 1.54) is 22.3 Å². The van der Waals surface area contributed by atoms with Crippen molar-refractivity contribution in [2.45, 2.75) is 33.1 Å². The van der Waals surface area contributed by atoms with Crippen LogP contribution in [0.5, 0.6) is 5.75 Å². The van der Waals surface area contributed by atoms with Gasteiger partial charge in [0.25, 0.3) is 0 Å². The summed E-state index contributed by atoms with van der Waals surface area (Å²) in [5.41, 5.74) is 6.70. The number of benzene rings is 1. The Balaban J connectivity index is 2.10. The molecular weight excluding hydrogens is 248 g/mol. The van der Waals surface area contributed by atoms with Crippen LogP contribution in [0.15, 0.2) is 23.8 Å². The number of ether oxygens (including phenoxy) is 1. The molecule has 2 nitrogen and oxygen atoms in total. The molecule has 1 unspecified atom stereocenters. The summed E-state index contributed by atoms with van der Waals surface area (Å²) in [5.74, 6) is 1.23. The fourth-order valence-corrected chi connectivity index (χ4v) is 4.16. The molecule has 0 aliphatic heterocycles. The first-order valence-electron chi connectivity index (χ1n) is 7.23. The van der Waals surface area contributed by atoms with Gasteiger partial charge in [-0.15, -0.1) is 0 Å². The van der Waals surface area contributed by atoms with Crippen LogP contribution in [-0.2, 0) is 11.2 Å². The average Bonchev–Trinajstić information content (AvgIpc) is 2.98. The fourth-order valence-electron chi connectivity index (χ4n) is 4.16. The summed E-state index contributed by atoms with van der Waals surface area (Å²) in [4.78, 5) is 13.0. The van der Waals surface area contributed by atoms with Crippen molar-refractivity contribution in [2.24, 2.45) is 5.41 Å². The monoisotopic (exact) mass is 266 g/mol. The molecule has 0 heterocycles. The van der Waals surface area contributed by atoms with Gasteiger partial charge in [0.15, 0.2) is 5.78 Å². The number of rotatable bonds is 1. The molecule has 20 heavy (non-hydrogen) atoms. The van der Waals surface area contributed by atoms with Crippen LogP contribution in [-0.4, -0.2) is 12.9 Å². The molecule has 0 spiro atoms. The van der Waals surface area contributed by atoms with Crippen LogP contribution >= 0.6 is 0 Å². The molecule has 0 aromatic heterocycles. The lowest BCUT2D eigenvalue weighted by atomic mass is 9.67. The highest BCUT2D eigenvalue weighted by atomic mass is 16.5. The summed E-state index contributed by atoms with van der Waals surface area (Å²) in [6, 6.07) is 4.19. The number of methoxy groups -OCH3 is 1. The predicted octanol–water partition coefficient (Wildman–Crippen LogP) is 3.79. The van der Waals surface area contributed by atoms with E-state index in [4.69, 9.17) is 4.74 Å². The number of hydrogen-bond donors (Lipinski definition) is 0. The molecule has 0 bridgehead atoms. The van der Waals surface area contributed by atoms with E-state index < -0.39 is 0 Å². The Hall–Kier alpha value is -1.83. The number of carbonyl (C=O) groups is 1. The van der Waals surface area contributed by atoms with E-state index in [-0.39, 0.29) is 5.41 Å². The van der Waals surface area contributed by atoms with Gasteiger partial charge in [0.2, 0.25) is 0 Å². The highest BCUT2D eigenvalue weighted by Crippen LogP contribution is 2.57. The molecule has 0 N–H and O–H groups in total. The molecule has 0 saturated heterocycles. The van der Waals surface area contributed by atoms with Crippen LogP contribution in [0.4, 0.5) is 0 Å². The normalized spacial score (nSPS) is 26.6. The van der Waals surface area contributed by atoms with E-state index in [0.717, 1.165) is 36.1 Å². The minimum Gasteiger partial charge on any atom is -0.496 e. The molecule has 1 aromatic rings. The van der Waals surface area contributed by atoms with Gasteiger partial charge < -0.3 is 4.74 Å². The lowest BCUT2D eigenvalue weighted by molar-refractivity contribution is -0.119. The highest BCUT2D eigenvalue weighted by Gasteiger charge is 2.49. The van der Waals surface area contributed by atoms with Gasteiger partial charge in [0.1, 0.15) is 5.75 Å². The minimum absolute atomic E-state index is 0.306. The maximum atomic E-state index is 13.0. The molecule has 0 amide bonds. The van der Waals surface area contributed by atoms with Crippen molar-refractivity contribution in [3.63, 3.8) is 0 Å². The van der Waals surface area contributed by atoms with Crippen molar-refractivity contribution < 1.29 is 9.53 Å². The molecular formula is C18H18O2. The molecule has 0 fully saturated rings. The first kappa shape index (κ1) is 12.0. The van der Waals surface area contributed by atoms with Gasteiger partial charge in [-0.25, -0.2) is 0 Å². The second-order valence-corrected chi connectivity index (χ2v) is 6.32. The van der Waals surface area contributed by atoms with E-state index in [0.29, 0.717) is 5.78 Å². The Morgan fingerprint density at radius 3 is 2.85 bits per heavy atom. The second kappa shape index (κ2) is 3.63. The number of allylic oxidation sites excluding steroid dienone is 4.